The van der Waals surface area contributed by atoms with Crippen LogP contribution in [0.4, 0.5) is 5.69 Å². The third kappa shape index (κ3) is 4.24. The monoisotopic (exact) mass is 406 g/mol. The number of benzene rings is 3. The van der Waals surface area contributed by atoms with E-state index in [0.29, 0.717) is 11.4 Å². The largest absolute Gasteiger partial charge is 0.326 e. The molecule has 0 unspecified atom stereocenters. The molecule has 0 saturated heterocycles. The van der Waals surface area contributed by atoms with Crippen LogP contribution in [-0.4, -0.2) is 10.9 Å². The van der Waals surface area contributed by atoms with Crippen LogP contribution in [0.1, 0.15) is 21.1 Å². The van der Waals surface area contributed by atoms with Gasteiger partial charge in [-0.05, 0) is 47.5 Å². The second-order valence-electron chi connectivity index (χ2n) is 6.66. The highest BCUT2D eigenvalue weighted by Gasteiger charge is 2.13. The van der Waals surface area contributed by atoms with Gasteiger partial charge in [0.1, 0.15) is 0 Å². The van der Waals surface area contributed by atoms with Gasteiger partial charge in [-0.2, -0.15) is 0 Å². The number of hydrogen-bond acceptors (Lipinski definition) is 3. The van der Waals surface area contributed by atoms with Gasteiger partial charge in [0.05, 0.1) is 17.1 Å². The Morgan fingerprint density at radius 1 is 1.04 bits per heavy atom. The Morgan fingerprint density at radius 3 is 2.61 bits per heavy atom. The van der Waals surface area contributed by atoms with Gasteiger partial charge >= 0.3 is 0 Å². The lowest BCUT2D eigenvalue weighted by molar-refractivity contribution is -0.115. The lowest BCUT2D eigenvalue weighted by Crippen LogP contribution is -2.14. The molecule has 140 valence electrons. The van der Waals surface area contributed by atoms with Crippen molar-refractivity contribution in [3.05, 3.63) is 92.9 Å². The molecule has 5 heteroatoms. The fourth-order valence-electron chi connectivity index (χ4n) is 3.22. The van der Waals surface area contributed by atoms with Gasteiger partial charge in [0.25, 0.3) is 0 Å². The third-order valence-electron chi connectivity index (χ3n) is 4.61. The summed E-state index contributed by atoms with van der Waals surface area (Å²) in [5.74, 6) is -0.0502. The number of amides is 1. The number of carbonyl (C=O) groups excluding carboxylic acids is 1. The Bertz CT molecular complexity index is 1130. The number of carbonyl (C=O) groups is 1. The zero-order valence-corrected chi connectivity index (χ0v) is 17.0. The molecule has 0 aliphatic carbocycles. The Hall–Kier alpha value is -2.69. The van der Waals surface area contributed by atoms with Crippen LogP contribution in [0.2, 0.25) is 5.02 Å². The maximum Gasteiger partial charge on any atom is 0.229 e. The second kappa shape index (κ2) is 8.13. The average Bonchev–Trinajstić information content (AvgIpc) is 3.03. The zero-order chi connectivity index (χ0) is 19.5. The summed E-state index contributed by atoms with van der Waals surface area (Å²) in [6, 6.07) is 21.8. The quantitative estimate of drug-likeness (QED) is 0.439. The van der Waals surface area contributed by atoms with Gasteiger partial charge in [0, 0.05) is 22.0 Å². The summed E-state index contributed by atoms with van der Waals surface area (Å²) in [5.41, 5.74) is 2.92. The fraction of sp³-hybridized carbons (Fsp3) is 0.130. The topological polar surface area (TPSA) is 42.0 Å². The highest BCUT2D eigenvalue weighted by atomic mass is 35.5. The van der Waals surface area contributed by atoms with E-state index in [4.69, 9.17) is 16.6 Å². The van der Waals surface area contributed by atoms with E-state index in [9.17, 15) is 4.79 Å². The molecule has 0 aliphatic rings. The van der Waals surface area contributed by atoms with Gasteiger partial charge in [-0.3, -0.25) is 4.79 Å². The maximum absolute atomic E-state index is 12.4. The van der Waals surface area contributed by atoms with Crippen LogP contribution in [0.5, 0.6) is 0 Å². The molecule has 0 saturated carbocycles. The number of anilines is 1. The van der Waals surface area contributed by atoms with Gasteiger partial charge in [0.15, 0.2) is 0 Å². The summed E-state index contributed by atoms with van der Waals surface area (Å²) in [7, 11) is 0. The van der Waals surface area contributed by atoms with Gasteiger partial charge in [0.2, 0.25) is 5.91 Å². The Kier molecular flexibility index (Phi) is 5.42. The molecule has 4 rings (SSSR count). The van der Waals surface area contributed by atoms with E-state index in [2.05, 4.69) is 47.8 Å². The molecule has 0 aliphatic heterocycles. The molecular weight excluding hydrogens is 388 g/mol. The van der Waals surface area contributed by atoms with Crippen LogP contribution >= 0.6 is 22.9 Å². The third-order valence-corrected chi connectivity index (χ3v) is 6.02. The number of rotatable bonds is 5. The van der Waals surface area contributed by atoms with Crippen molar-refractivity contribution < 1.29 is 4.79 Å². The second-order valence-corrected chi connectivity index (χ2v) is 8.27. The number of nitrogens with one attached hydrogen (secondary N) is 1. The van der Waals surface area contributed by atoms with Crippen LogP contribution in [0.25, 0.3) is 10.8 Å². The molecule has 3 aromatic carbocycles. The number of nitrogens with zero attached hydrogens (tertiary/aromatic N) is 1. The first-order chi connectivity index (χ1) is 13.6. The van der Waals surface area contributed by atoms with Crippen molar-refractivity contribution in [1.82, 2.24) is 4.98 Å². The van der Waals surface area contributed by atoms with Crippen LogP contribution in [0, 0.1) is 6.92 Å². The smallest absolute Gasteiger partial charge is 0.229 e. The summed E-state index contributed by atoms with van der Waals surface area (Å²) < 4.78 is 0. The minimum Gasteiger partial charge on any atom is -0.326 e. The van der Waals surface area contributed by atoms with Gasteiger partial charge in [-0.1, -0.05) is 54.1 Å². The van der Waals surface area contributed by atoms with E-state index in [-0.39, 0.29) is 5.91 Å². The minimum atomic E-state index is -0.0502. The van der Waals surface area contributed by atoms with E-state index in [1.165, 1.54) is 16.3 Å². The predicted molar refractivity (Wildman–Crippen MR) is 117 cm³/mol. The molecule has 4 aromatic rings. The lowest BCUT2D eigenvalue weighted by Gasteiger charge is -2.05. The van der Waals surface area contributed by atoms with Crippen LogP contribution < -0.4 is 5.32 Å². The molecule has 0 spiro atoms. The first-order valence-electron chi connectivity index (χ1n) is 9.06. The van der Waals surface area contributed by atoms with Gasteiger partial charge in [-0.15, -0.1) is 11.3 Å². The molecule has 1 N–H and O–H groups in total. The maximum atomic E-state index is 12.4. The number of halogens is 1. The highest BCUT2D eigenvalue weighted by Crippen LogP contribution is 2.26. The standard InChI is InChI=1S/C23H19ClN2OS/c1-15-21(14-22(27)26-19-11-9-18(24)10-12-19)28-23(25-15)13-17-7-4-6-16-5-2-3-8-20(16)17/h2-12H,13-14H2,1H3,(H,26,27). The van der Waals surface area contributed by atoms with E-state index in [0.717, 1.165) is 27.7 Å². The molecule has 0 atom stereocenters. The van der Waals surface area contributed by atoms with Crippen molar-refractivity contribution >= 4 is 45.3 Å². The molecule has 0 bridgehead atoms. The summed E-state index contributed by atoms with van der Waals surface area (Å²) in [6.45, 7) is 1.97. The van der Waals surface area contributed by atoms with Crippen LogP contribution in [-0.2, 0) is 17.6 Å². The van der Waals surface area contributed by atoms with E-state index >= 15 is 0 Å². The fourth-order valence-corrected chi connectivity index (χ4v) is 4.44. The molecule has 0 radical (unpaired) electrons. The summed E-state index contributed by atoms with van der Waals surface area (Å²) in [6.07, 6.45) is 1.09. The van der Waals surface area contributed by atoms with Gasteiger partial charge in [-0.25, -0.2) is 4.98 Å². The normalized spacial score (nSPS) is 10.9. The van der Waals surface area contributed by atoms with Crippen molar-refractivity contribution in [2.24, 2.45) is 0 Å². The predicted octanol–water partition coefficient (Wildman–Crippen LogP) is 6.03. The van der Waals surface area contributed by atoms with E-state index < -0.39 is 0 Å². The molecule has 28 heavy (non-hydrogen) atoms. The molecule has 1 heterocycles. The Labute approximate surface area is 173 Å². The Morgan fingerprint density at radius 2 is 1.79 bits per heavy atom. The number of thiazole rings is 1. The number of aryl methyl sites for hydroxylation is 1. The first-order valence-corrected chi connectivity index (χ1v) is 10.2. The molecular formula is C23H19ClN2OS. The summed E-state index contributed by atoms with van der Waals surface area (Å²) in [5, 5.41) is 7.07. The summed E-state index contributed by atoms with van der Waals surface area (Å²) >= 11 is 7.50. The van der Waals surface area contributed by atoms with Crippen LogP contribution in [0.15, 0.2) is 66.7 Å². The molecule has 3 nitrogen and oxygen atoms in total. The molecule has 1 amide bonds. The molecule has 0 fully saturated rings. The summed E-state index contributed by atoms with van der Waals surface area (Å²) in [4.78, 5) is 18.1. The molecule has 1 aromatic heterocycles. The van der Waals surface area contributed by atoms with Crippen molar-refractivity contribution in [3.8, 4) is 0 Å². The average molecular weight is 407 g/mol. The zero-order valence-electron chi connectivity index (χ0n) is 15.4. The van der Waals surface area contributed by atoms with E-state index in [1.54, 1.807) is 35.6 Å². The van der Waals surface area contributed by atoms with E-state index in [1.807, 2.05) is 6.92 Å². The van der Waals surface area contributed by atoms with Gasteiger partial charge < -0.3 is 5.32 Å². The number of hydrogen-bond donors (Lipinski definition) is 1. The Balaban J connectivity index is 1.49. The van der Waals surface area contributed by atoms with Crippen molar-refractivity contribution in [2.45, 2.75) is 19.8 Å². The lowest BCUT2D eigenvalue weighted by atomic mass is 10.0. The number of fused-ring (bicyclic) bond motifs is 1. The van der Waals surface area contributed by atoms with Crippen molar-refractivity contribution in [1.29, 1.82) is 0 Å². The SMILES string of the molecule is Cc1nc(Cc2cccc3ccccc23)sc1CC(=O)Nc1ccc(Cl)cc1. The number of aromatic nitrogens is 1. The highest BCUT2D eigenvalue weighted by molar-refractivity contribution is 7.11. The first kappa shape index (κ1) is 18.7. The minimum absolute atomic E-state index is 0.0502. The van der Waals surface area contributed by atoms with Crippen molar-refractivity contribution in [3.63, 3.8) is 0 Å². The van der Waals surface area contributed by atoms with Crippen LogP contribution in [0.3, 0.4) is 0 Å². The van der Waals surface area contributed by atoms with Crippen molar-refractivity contribution in [2.75, 3.05) is 5.32 Å².